The molecule has 0 spiro atoms. The Bertz CT molecular complexity index is 1070. The number of likely N-dealkylation sites (tertiary alicyclic amines) is 1. The van der Waals surface area contributed by atoms with Gasteiger partial charge in [-0.15, -0.1) is 22.7 Å². The van der Waals surface area contributed by atoms with E-state index in [1.54, 1.807) is 19.6 Å². The number of piperidine rings is 1. The van der Waals surface area contributed by atoms with E-state index in [9.17, 15) is 4.79 Å². The van der Waals surface area contributed by atoms with Crippen molar-refractivity contribution in [3.05, 3.63) is 40.3 Å². The number of methoxy groups -OCH3 is 2. The van der Waals surface area contributed by atoms with Crippen molar-refractivity contribution in [2.45, 2.75) is 26.8 Å². The first-order valence-electron chi connectivity index (χ1n) is 10.6. The van der Waals surface area contributed by atoms with Crippen LogP contribution in [0.5, 0.6) is 11.5 Å². The van der Waals surface area contributed by atoms with Crippen LogP contribution in [0.15, 0.2) is 29.0 Å². The minimum Gasteiger partial charge on any atom is -0.493 e. The van der Waals surface area contributed by atoms with Crippen molar-refractivity contribution in [3.63, 3.8) is 0 Å². The van der Waals surface area contributed by atoms with Crippen LogP contribution in [0.3, 0.4) is 0 Å². The van der Waals surface area contributed by atoms with E-state index >= 15 is 0 Å². The fourth-order valence-electron chi connectivity index (χ4n) is 4.23. The van der Waals surface area contributed by atoms with E-state index in [-0.39, 0.29) is 5.91 Å². The highest BCUT2D eigenvalue weighted by Crippen LogP contribution is 2.33. The van der Waals surface area contributed by atoms with Crippen LogP contribution in [-0.2, 0) is 6.54 Å². The lowest BCUT2D eigenvalue weighted by atomic mass is 9.92. The SMILES string of the molecule is COc1ccc(-c2nc(C(=O)Nc3nc(CN4C[C@H](C)C[C@@H](C)C4)cs3)cs2)cc1OC. The monoisotopic (exact) mass is 472 g/mol. The summed E-state index contributed by atoms with van der Waals surface area (Å²) in [6.07, 6.45) is 1.29. The number of rotatable bonds is 7. The highest BCUT2D eigenvalue weighted by molar-refractivity contribution is 7.14. The number of benzene rings is 1. The summed E-state index contributed by atoms with van der Waals surface area (Å²) in [5.74, 6) is 2.44. The maximum atomic E-state index is 12.7. The molecule has 7 nitrogen and oxygen atoms in total. The molecule has 3 heterocycles. The Morgan fingerprint density at radius 3 is 2.56 bits per heavy atom. The molecular formula is C23H28N4O3S2. The molecule has 1 aliphatic heterocycles. The number of carbonyl (C=O) groups excluding carboxylic acids is 1. The van der Waals surface area contributed by atoms with Gasteiger partial charge < -0.3 is 9.47 Å². The largest absolute Gasteiger partial charge is 0.493 e. The van der Waals surface area contributed by atoms with E-state index in [2.05, 4.69) is 34.0 Å². The molecule has 1 amide bonds. The quantitative estimate of drug-likeness (QED) is 0.521. The number of ether oxygens (including phenoxy) is 2. The Morgan fingerprint density at radius 2 is 1.84 bits per heavy atom. The number of nitrogens with zero attached hydrogens (tertiary/aromatic N) is 3. The third-order valence-electron chi connectivity index (χ3n) is 5.47. The first-order valence-corrected chi connectivity index (χ1v) is 12.4. The third-order valence-corrected chi connectivity index (χ3v) is 7.17. The zero-order chi connectivity index (χ0) is 22.7. The molecular weight excluding hydrogens is 444 g/mol. The van der Waals surface area contributed by atoms with Gasteiger partial charge in [-0.25, -0.2) is 9.97 Å². The number of thiazole rings is 2. The molecule has 4 rings (SSSR count). The maximum absolute atomic E-state index is 12.7. The molecule has 1 aromatic carbocycles. The number of nitrogens with one attached hydrogen (secondary N) is 1. The van der Waals surface area contributed by atoms with Crippen molar-refractivity contribution in [3.8, 4) is 22.1 Å². The number of anilines is 1. The standard InChI is InChI=1S/C23H28N4O3S2/c1-14-7-15(2)10-27(9-14)11-17-12-32-23(24-17)26-21(28)18-13-31-22(25-18)16-5-6-19(29-3)20(8-16)30-4/h5-6,8,12-15H,7,9-11H2,1-4H3,(H,24,26,28)/t14-,15-/m1/s1. The fraction of sp³-hybridized carbons (Fsp3) is 0.435. The molecule has 3 aromatic rings. The molecule has 0 saturated carbocycles. The second-order valence-corrected chi connectivity index (χ2v) is 10.1. The highest BCUT2D eigenvalue weighted by atomic mass is 32.1. The summed E-state index contributed by atoms with van der Waals surface area (Å²) < 4.78 is 10.6. The average molecular weight is 473 g/mol. The minimum atomic E-state index is -0.255. The van der Waals surface area contributed by atoms with Crippen molar-refractivity contribution in [2.24, 2.45) is 11.8 Å². The number of aromatic nitrogens is 2. The second-order valence-electron chi connectivity index (χ2n) is 8.35. The van der Waals surface area contributed by atoms with Crippen LogP contribution in [0.25, 0.3) is 10.6 Å². The topological polar surface area (TPSA) is 76.6 Å². The number of carbonyl (C=O) groups is 1. The van der Waals surface area contributed by atoms with Crippen molar-refractivity contribution in [1.29, 1.82) is 0 Å². The molecule has 1 fully saturated rings. The summed E-state index contributed by atoms with van der Waals surface area (Å²) >= 11 is 2.86. The Hall–Kier alpha value is -2.49. The molecule has 32 heavy (non-hydrogen) atoms. The van der Waals surface area contributed by atoms with E-state index in [0.29, 0.717) is 34.2 Å². The van der Waals surface area contributed by atoms with Crippen LogP contribution in [0.2, 0.25) is 0 Å². The molecule has 0 radical (unpaired) electrons. The highest BCUT2D eigenvalue weighted by Gasteiger charge is 2.22. The predicted molar refractivity (Wildman–Crippen MR) is 129 cm³/mol. The zero-order valence-corrected chi connectivity index (χ0v) is 20.4. The Morgan fingerprint density at radius 1 is 1.09 bits per heavy atom. The van der Waals surface area contributed by atoms with Crippen LogP contribution >= 0.6 is 22.7 Å². The van der Waals surface area contributed by atoms with Gasteiger partial charge in [0, 0.05) is 36.0 Å². The first-order chi connectivity index (χ1) is 15.4. The van der Waals surface area contributed by atoms with Gasteiger partial charge in [-0.1, -0.05) is 13.8 Å². The van der Waals surface area contributed by atoms with Crippen LogP contribution in [0.4, 0.5) is 5.13 Å². The van der Waals surface area contributed by atoms with E-state index < -0.39 is 0 Å². The molecule has 0 bridgehead atoms. The van der Waals surface area contributed by atoms with Gasteiger partial charge in [0.05, 0.1) is 19.9 Å². The summed E-state index contributed by atoms with van der Waals surface area (Å²) in [5.41, 5.74) is 2.24. The number of hydrogen-bond donors (Lipinski definition) is 1. The van der Waals surface area contributed by atoms with Crippen LogP contribution in [0, 0.1) is 11.8 Å². The minimum absolute atomic E-state index is 0.255. The van der Waals surface area contributed by atoms with E-state index in [0.717, 1.165) is 35.9 Å². The zero-order valence-electron chi connectivity index (χ0n) is 18.8. The van der Waals surface area contributed by atoms with E-state index in [4.69, 9.17) is 9.47 Å². The molecule has 2 atom stereocenters. The lowest BCUT2D eigenvalue weighted by Crippen LogP contribution is -2.38. The fourth-order valence-corrected chi connectivity index (χ4v) is 5.72. The maximum Gasteiger partial charge on any atom is 0.276 e. The van der Waals surface area contributed by atoms with Gasteiger partial charge in [0.1, 0.15) is 10.7 Å². The van der Waals surface area contributed by atoms with Gasteiger partial charge in [0.15, 0.2) is 16.6 Å². The van der Waals surface area contributed by atoms with Gasteiger partial charge in [0.25, 0.3) is 5.91 Å². The lowest BCUT2D eigenvalue weighted by Gasteiger charge is -2.34. The smallest absolute Gasteiger partial charge is 0.276 e. The second kappa shape index (κ2) is 9.97. The van der Waals surface area contributed by atoms with E-state index in [1.165, 1.54) is 29.1 Å². The molecule has 170 valence electrons. The predicted octanol–water partition coefficient (Wildman–Crippen LogP) is 5.01. The summed E-state index contributed by atoms with van der Waals surface area (Å²) in [6.45, 7) is 7.63. The number of amides is 1. The van der Waals surface area contributed by atoms with Gasteiger partial charge in [-0.3, -0.25) is 15.0 Å². The summed E-state index contributed by atoms with van der Waals surface area (Å²) in [7, 11) is 3.19. The molecule has 1 aliphatic rings. The summed E-state index contributed by atoms with van der Waals surface area (Å²) in [6, 6.07) is 5.59. The van der Waals surface area contributed by atoms with Gasteiger partial charge in [-0.05, 0) is 36.5 Å². The van der Waals surface area contributed by atoms with Crippen LogP contribution in [0.1, 0.15) is 36.5 Å². The van der Waals surface area contributed by atoms with Gasteiger partial charge in [0.2, 0.25) is 0 Å². The van der Waals surface area contributed by atoms with Crippen molar-refractivity contribution < 1.29 is 14.3 Å². The molecule has 0 unspecified atom stereocenters. The van der Waals surface area contributed by atoms with Crippen molar-refractivity contribution >= 4 is 33.7 Å². The van der Waals surface area contributed by atoms with Crippen LogP contribution < -0.4 is 14.8 Å². The van der Waals surface area contributed by atoms with E-state index in [1.807, 2.05) is 23.6 Å². The Balaban J connectivity index is 1.40. The third kappa shape index (κ3) is 5.28. The van der Waals surface area contributed by atoms with Crippen molar-refractivity contribution in [1.82, 2.24) is 14.9 Å². The molecule has 2 aromatic heterocycles. The molecule has 1 saturated heterocycles. The molecule has 9 heteroatoms. The normalized spacial score (nSPS) is 19.0. The summed E-state index contributed by atoms with van der Waals surface area (Å²) in [5, 5.41) is 8.01. The number of hydrogen-bond acceptors (Lipinski definition) is 8. The van der Waals surface area contributed by atoms with Crippen molar-refractivity contribution in [2.75, 3.05) is 32.6 Å². The molecule has 0 aliphatic carbocycles. The first kappa shape index (κ1) is 22.7. The summed E-state index contributed by atoms with van der Waals surface area (Å²) in [4.78, 5) is 24.3. The average Bonchev–Trinajstić information content (AvgIpc) is 3.42. The van der Waals surface area contributed by atoms with Gasteiger partial charge >= 0.3 is 0 Å². The van der Waals surface area contributed by atoms with Crippen LogP contribution in [-0.4, -0.2) is 48.1 Å². The molecule has 1 N–H and O–H groups in total. The van der Waals surface area contributed by atoms with Gasteiger partial charge in [-0.2, -0.15) is 0 Å². The lowest BCUT2D eigenvalue weighted by molar-refractivity contribution is 0.102. The Kier molecular flexibility index (Phi) is 7.07. The Labute approximate surface area is 196 Å².